The number of aromatic nitrogens is 1. The summed E-state index contributed by atoms with van der Waals surface area (Å²) in [6, 6.07) is 6.32. The van der Waals surface area contributed by atoms with Crippen molar-refractivity contribution in [3.05, 3.63) is 68.1 Å². The smallest absolute Gasteiger partial charge is 0.317 e. The number of para-hydroxylation sites is 1. The Morgan fingerprint density at radius 2 is 1.83 bits per heavy atom. The number of amides is 1. The summed E-state index contributed by atoms with van der Waals surface area (Å²) in [4.78, 5) is 35.2. The van der Waals surface area contributed by atoms with E-state index in [1.807, 2.05) is 5.32 Å². The quantitative estimate of drug-likeness (QED) is 0.667. The topological polar surface area (TPSA) is 105 Å². The molecule has 0 aliphatic rings. The van der Waals surface area contributed by atoms with Crippen LogP contribution in [-0.4, -0.2) is 15.8 Å². The van der Waals surface area contributed by atoms with Crippen molar-refractivity contribution in [2.75, 3.05) is 5.32 Å². The van der Waals surface area contributed by atoms with E-state index >= 15 is 0 Å². The Labute approximate surface area is 125 Å². The lowest BCUT2D eigenvalue weighted by Crippen LogP contribution is -2.23. The molecule has 0 bridgehead atoms. The van der Waals surface area contributed by atoms with Crippen LogP contribution in [-0.2, 0) is 6.18 Å². The second-order valence-corrected chi connectivity index (χ2v) is 4.34. The molecule has 0 fully saturated rings. The number of anilines is 1. The molecule has 1 aromatic carbocycles. The first-order valence-electron chi connectivity index (χ1n) is 6.05. The van der Waals surface area contributed by atoms with Crippen molar-refractivity contribution >= 4 is 17.3 Å². The summed E-state index contributed by atoms with van der Waals surface area (Å²) in [6.07, 6.45) is -4.74. The van der Waals surface area contributed by atoms with Crippen LogP contribution in [0.15, 0.2) is 41.2 Å². The molecule has 7 nitrogen and oxygen atoms in total. The highest BCUT2D eigenvalue weighted by Crippen LogP contribution is 2.27. The van der Waals surface area contributed by atoms with Gasteiger partial charge in [0.25, 0.3) is 17.2 Å². The molecule has 0 aliphatic carbocycles. The van der Waals surface area contributed by atoms with E-state index in [2.05, 4.69) is 0 Å². The molecule has 1 amide bonds. The predicted molar refractivity (Wildman–Crippen MR) is 73.1 cm³/mol. The third-order valence-electron chi connectivity index (χ3n) is 2.81. The summed E-state index contributed by atoms with van der Waals surface area (Å²) in [7, 11) is 0. The van der Waals surface area contributed by atoms with Crippen molar-refractivity contribution in [1.82, 2.24) is 4.98 Å². The molecule has 0 atom stereocenters. The number of H-pyrrole nitrogens is 1. The molecule has 2 rings (SSSR count). The number of alkyl halides is 3. The Hall–Kier alpha value is -3.17. The van der Waals surface area contributed by atoms with Crippen LogP contribution in [0.5, 0.6) is 0 Å². The molecular formula is C13H8F3N3O4. The molecule has 0 saturated carbocycles. The lowest BCUT2D eigenvalue weighted by atomic mass is 10.1. The van der Waals surface area contributed by atoms with E-state index < -0.39 is 39.6 Å². The lowest BCUT2D eigenvalue weighted by Gasteiger charge is -2.08. The molecule has 1 aromatic heterocycles. The fraction of sp³-hybridized carbons (Fsp3) is 0.0769. The van der Waals surface area contributed by atoms with Gasteiger partial charge in [-0.1, -0.05) is 12.1 Å². The molecule has 120 valence electrons. The summed E-state index contributed by atoms with van der Waals surface area (Å²) in [6.45, 7) is 0. The van der Waals surface area contributed by atoms with Crippen molar-refractivity contribution in [3.8, 4) is 0 Å². The molecule has 0 saturated heterocycles. The maximum absolute atomic E-state index is 12.4. The highest BCUT2D eigenvalue weighted by Gasteiger charge is 2.32. The van der Waals surface area contributed by atoms with Gasteiger partial charge < -0.3 is 10.3 Å². The third kappa shape index (κ3) is 3.54. The van der Waals surface area contributed by atoms with Gasteiger partial charge >= 0.3 is 6.18 Å². The second-order valence-electron chi connectivity index (χ2n) is 4.34. The molecule has 23 heavy (non-hydrogen) atoms. The predicted octanol–water partition coefficient (Wildman–Crippen LogP) is 2.55. The number of nitro groups is 1. The fourth-order valence-corrected chi connectivity index (χ4v) is 1.75. The first-order chi connectivity index (χ1) is 10.7. The van der Waals surface area contributed by atoms with Gasteiger partial charge in [-0.2, -0.15) is 13.2 Å². The van der Waals surface area contributed by atoms with Crippen LogP contribution in [0, 0.1) is 10.1 Å². The van der Waals surface area contributed by atoms with Crippen molar-refractivity contribution in [3.63, 3.8) is 0 Å². The number of rotatable bonds is 3. The standard InChI is InChI=1S/C13H8F3N3O4/c14-13(15,16)10-6-5-8(12(21)18-10)17-11(20)7-3-1-2-4-9(7)19(22)23/h1-6H,(H,17,20)(H,18,21). The summed E-state index contributed by atoms with van der Waals surface area (Å²) >= 11 is 0. The number of hydrogen-bond acceptors (Lipinski definition) is 4. The second kappa shape index (κ2) is 5.91. The highest BCUT2D eigenvalue weighted by atomic mass is 19.4. The number of pyridine rings is 1. The van der Waals surface area contributed by atoms with E-state index in [0.717, 1.165) is 18.2 Å². The number of hydrogen-bond donors (Lipinski definition) is 2. The van der Waals surface area contributed by atoms with E-state index in [1.165, 1.54) is 12.1 Å². The van der Waals surface area contributed by atoms with Gasteiger partial charge in [0.05, 0.1) is 4.92 Å². The first kappa shape index (κ1) is 16.2. The Bertz CT molecular complexity index is 830. The van der Waals surface area contributed by atoms with Crippen LogP contribution >= 0.6 is 0 Å². The van der Waals surface area contributed by atoms with E-state index in [0.29, 0.717) is 6.07 Å². The molecule has 2 N–H and O–H groups in total. The summed E-state index contributed by atoms with van der Waals surface area (Å²) < 4.78 is 37.3. The Kier molecular flexibility index (Phi) is 4.16. The SMILES string of the molecule is O=C(Nc1ccc(C(F)(F)F)[nH]c1=O)c1ccccc1[N+](=O)[O-]. The van der Waals surface area contributed by atoms with Gasteiger partial charge in [-0.05, 0) is 18.2 Å². The highest BCUT2D eigenvalue weighted by molar-refractivity contribution is 6.06. The molecular weight excluding hydrogens is 319 g/mol. The fourth-order valence-electron chi connectivity index (χ4n) is 1.75. The van der Waals surface area contributed by atoms with Crippen molar-refractivity contribution in [2.24, 2.45) is 0 Å². The zero-order valence-corrected chi connectivity index (χ0v) is 11.2. The van der Waals surface area contributed by atoms with Crippen LogP contribution in [0.4, 0.5) is 24.5 Å². The van der Waals surface area contributed by atoms with Crippen molar-refractivity contribution < 1.29 is 22.9 Å². The monoisotopic (exact) mass is 327 g/mol. The van der Waals surface area contributed by atoms with Crippen LogP contribution in [0.3, 0.4) is 0 Å². The van der Waals surface area contributed by atoms with E-state index in [-0.39, 0.29) is 5.56 Å². The normalized spacial score (nSPS) is 11.1. The average molecular weight is 327 g/mol. The number of carbonyl (C=O) groups is 1. The van der Waals surface area contributed by atoms with Gasteiger partial charge in [-0.3, -0.25) is 19.7 Å². The third-order valence-corrected chi connectivity index (χ3v) is 2.81. The number of benzene rings is 1. The van der Waals surface area contributed by atoms with Crippen LogP contribution < -0.4 is 10.9 Å². The number of carbonyl (C=O) groups excluding carboxylic acids is 1. The first-order valence-corrected chi connectivity index (χ1v) is 6.05. The maximum atomic E-state index is 12.4. The molecule has 10 heteroatoms. The van der Waals surface area contributed by atoms with E-state index in [1.54, 1.807) is 4.98 Å². The van der Waals surface area contributed by atoms with Gasteiger partial charge in [0.1, 0.15) is 16.9 Å². The average Bonchev–Trinajstić information content (AvgIpc) is 2.48. The summed E-state index contributed by atoms with van der Waals surface area (Å²) in [5, 5.41) is 12.9. The number of aromatic amines is 1. The van der Waals surface area contributed by atoms with Gasteiger partial charge in [0.15, 0.2) is 0 Å². The molecule has 0 radical (unpaired) electrons. The van der Waals surface area contributed by atoms with Crippen molar-refractivity contribution in [1.29, 1.82) is 0 Å². The number of nitro benzene ring substituents is 1. The summed E-state index contributed by atoms with van der Waals surface area (Å²) in [5.74, 6) is -0.984. The van der Waals surface area contributed by atoms with Gasteiger partial charge in [-0.25, -0.2) is 0 Å². The minimum absolute atomic E-state index is 0.322. The largest absolute Gasteiger partial charge is 0.431 e. The number of nitrogens with zero attached hydrogens (tertiary/aromatic N) is 1. The summed E-state index contributed by atoms with van der Waals surface area (Å²) in [5.41, 5.74) is -3.72. The number of nitrogens with one attached hydrogen (secondary N) is 2. The maximum Gasteiger partial charge on any atom is 0.431 e. The Morgan fingerprint density at radius 3 is 2.39 bits per heavy atom. The minimum Gasteiger partial charge on any atom is -0.317 e. The van der Waals surface area contributed by atoms with Gasteiger partial charge in [-0.15, -0.1) is 0 Å². The Balaban J connectivity index is 2.32. The molecule has 0 unspecified atom stereocenters. The van der Waals surface area contributed by atoms with E-state index in [9.17, 15) is 32.9 Å². The van der Waals surface area contributed by atoms with Crippen LogP contribution in [0.25, 0.3) is 0 Å². The van der Waals surface area contributed by atoms with Crippen LogP contribution in [0.1, 0.15) is 16.1 Å². The van der Waals surface area contributed by atoms with Crippen LogP contribution in [0.2, 0.25) is 0 Å². The molecule has 0 aliphatic heterocycles. The molecule has 2 aromatic rings. The van der Waals surface area contributed by atoms with Crippen molar-refractivity contribution in [2.45, 2.75) is 6.18 Å². The number of halogens is 3. The minimum atomic E-state index is -4.74. The zero-order valence-electron chi connectivity index (χ0n) is 11.2. The van der Waals surface area contributed by atoms with E-state index in [4.69, 9.17) is 0 Å². The molecule has 0 spiro atoms. The lowest BCUT2D eigenvalue weighted by molar-refractivity contribution is -0.385. The Morgan fingerprint density at radius 1 is 1.17 bits per heavy atom. The molecule has 1 heterocycles. The van der Waals surface area contributed by atoms with Gasteiger partial charge in [0, 0.05) is 6.07 Å². The van der Waals surface area contributed by atoms with Gasteiger partial charge in [0.2, 0.25) is 0 Å². The zero-order chi connectivity index (χ0) is 17.2.